The average molecular weight is 247 g/mol. The van der Waals surface area contributed by atoms with Crippen LogP contribution in [0.25, 0.3) is 0 Å². The first-order chi connectivity index (χ1) is 7.12. The van der Waals surface area contributed by atoms with Gasteiger partial charge in [-0.3, -0.25) is 4.79 Å². The topological polar surface area (TPSA) is 98.6 Å². The van der Waals surface area contributed by atoms with Crippen molar-refractivity contribution in [1.82, 2.24) is 6.15 Å². The molecule has 102 valence electrons. The molecule has 0 aliphatic carbocycles. The second kappa shape index (κ2) is 9.84. The molecular weight excluding hydrogens is 222 g/mol. The number of hydrogen-bond acceptors (Lipinski definition) is 4. The van der Waals surface area contributed by atoms with E-state index in [1.807, 2.05) is 6.92 Å². The van der Waals surface area contributed by atoms with Gasteiger partial charge in [0.15, 0.2) is 0 Å². The Kier molecular flexibility index (Phi) is 12.1. The van der Waals surface area contributed by atoms with Crippen LogP contribution in [0, 0.1) is 5.41 Å². The highest BCUT2D eigenvalue weighted by molar-refractivity contribution is 5.86. The molecule has 0 atom stereocenters. The molecule has 5 nitrogen and oxygen atoms in total. The molecule has 4 N–H and O–H groups in total. The quantitative estimate of drug-likeness (QED) is 0.590. The lowest BCUT2D eigenvalue weighted by atomic mass is 9.98. The summed E-state index contributed by atoms with van der Waals surface area (Å²) in [5.74, 6) is -1.05. The fraction of sp³-hybridized carbons (Fsp3) is 0.667. The van der Waals surface area contributed by atoms with Crippen molar-refractivity contribution in [2.45, 2.75) is 41.0 Å². The molecule has 0 aromatic carbocycles. The second-order valence-corrected chi connectivity index (χ2v) is 4.47. The van der Waals surface area contributed by atoms with Crippen LogP contribution in [0.15, 0.2) is 12.2 Å². The van der Waals surface area contributed by atoms with Crippen LogP contribution in [0.2, 0.25) is 0 Å². The van der Waals surface area contributed by atoms with Crippen LogP contribution in [0.1, 0.15) is 41.0 Å². The van der Waals surface area contributed by atoms with Crippen LogP contribution in [0.4, 0.5) is 0 Å². The molecule has 0 bridgehead atoms. The van der Waals surface area contributed by atoms with E-state index in [1.165, 1.54) is 0 Å². The van der Waals surface area contributed by atoms with E-state index in [4.69, 9.17) is 9.84 Å². The summed E-state index contributed by atoms with van der Waals surface area (Å²) in [6, 6.07) is 0. The summed E-state index contributed by atoms with van der Waals surface area (Å²) >= 11 is 0. The Labute approximate surface area is 103 Å². The first-order valence-corrected chi connectivity index (χ1v) is 5.19. The van der Waals surface area contributed by atoms with Crippen molar-refractivity contribution in [2.75, 3.05) is 6.61 Å². The van der Waals surface area contributed by atoms with Gasteiger partial charge in [0, 0.05) is 5.57 Å². The van der Waals surface area contributed by atoms with E-state index in [0.29, 0.717) is 12.2 Å². The molecule has 17 heavy (non-hydrogen) atoms. The van der Waals surface area contributed by atoms with Crippen LogP contribution in [0.3, 0.4) is 0 Å². The first kappa shape index (κ1) is 21.0. The Bertz CT molecular complexity index is 254. The zero-order valence-corrected chi connectivity index (χ0v) is 11.5. The Morgan fingerprint density at radius 1 is 1.29 bits per heavy atom. The molecule has 0 fully saturated rings. The number of rotatable bonds is 3. The second-order valence-electron chi connectivity index (χ2n) is 4.47. The summed E-state index contributed by atoms with van der Waals surface area (Å²) < 4.78 is 4.71. The predicted molar refractivity (Wildman–Crippen MR) is 68.2 cm³/mol. The summed E-state index contributed by atoms with van der Waals surface area (Å²) in [6.07, 6.45) is 0.860. The summed E-state index contributed by atoms with van der Waals surface area (Å²) in [5.41, 5.74) is -0.122. The molecule has 0 aliphatic heterocycles. The van der Waals surface area contributed by atoms with E-state index in [-0.39, 0.29) is 12.1 Å². The molecule has 0 saturated heterocycles. The van der Waals surface area contributed by atoms with Gasteiger partial charge in [-0.2, -0.15) is 0 Å². The van der Waals surface area contributed by atoms with Crippen molar-refractivity contribution in [3.8, 4) is 0 Å². The molecule has 0 saturated carbocycles. The van der Waals surface area contributed by atoms with Gasteiger partial charge in [-0.15, -0.1) is 0 Å². The van der Waals surface area contributed by atoms with E-state index < -0.39 is 11.4 Å². The van der Waals surface area contributed by atoms with Crippen molar-refractivity contribution in [1.29, 1.82) is 0 Å². The van der Waals surface area contributed by atoms with Crippen molar-refractivity contribution in [2.24, 2.45) is 5.41 Å². The van der Waals surface area contributed by atoms with Gasteiger partial charge in [-0.25, -0.2) is 4.79 Å². The molecule has 0 unspecified atom stereocenters. The fourth-order valence-electron chi connectivity index (χ4n) is 0.318. The largest absolute Gasteiger partial charge is 0.481 e. The van der Waals surface area contributed by atoms with Gasteiger partial charge in [0.2, 0.25) is 0 Å². The molecule has 0 aromatic heterocycles. The standard InChI is InChI=1S/C7H12O2.C5H10O2.H3N/c1-4-5-9-7(8)6(2)3;1-5(2,3)4(6)7;/h2,4-5H2,1,3H3;1-3H3,(H,6,7);1H3. The summed E-state index contributed by atoms with van der Waals surface area (Å²) in [4.78, 5) is 20.6. The number of carbonyl (C=O) groups is 2. The SMILES string of the molecule is C=C(C)C(=O)OCCC.CC(C)(C)C(=O)O.N. The van der Waals surface area contributed by atoms with E-state index in [9.17, 15) is 9.59 Å². The molecule has 0 radical (unpaired) electrons. The van der Waals surface area contributed by atoms with Gasteiger partial charge in [0.25, 0.3) is 0 Å². The van der Waals surface area contributed by atoms with Crippen molar-refractivity contribution < 1.29 is 19.4 Å². The smallest absolute Gasteiger partial charge is 0.333 e. The monoisotopic (exact) mass is 247 g/mol. The minimum atomic E-state index is -0.757. The zero-order chi connectivity index (χ0) is 13.4. The van der Waals surface area contributed by atoms with Gasteiger partial charge in [-0.05, 0) is 34.1 Å². The van der Waals surface area contributed by atoms with E-state index in [0.717, 1.165) is 6.42 Å². The lowest BCUT2D eigenvalue weighted by Crippen LogP contribution is -2.18. The molecular formula is C12H25NO4. The predicted octanol–water partition coefficient (Wildman–Crippen LogP) is 2.79. The third-order valence-corrected chi connectivity index (χ3v) is 1.43. The number of carbonyl (C=O) groups excluding carboxylic acids is 1. The summed E-state index contributed by atoms with van der Waals surface area (Å²) in [7, 11) is 0. The Morgan fingerprint density at radius 2 is 1.65 bits per heavy atom. The molecule has 0 rings (SSSR count). The van der Waals surface area contributed by atoms with Crippen molar-refractivity contribution in [3.63, 3.8) is 0 Å². The van der Waals surface area contributed by atoms with Gasteiger partial charge in [0.1, 0.15) is 0 Å². The van der Waals surface area contributed by atoms with Gasteiger partial charge >= 0.3 is 11.9 Å². The van der Waals surface area contributed by atoms with E-state index in [2.05, 4.69) is 6.58 Å². The highest BCUT2D eigenvalue weighted by atomic mass is 16.5. The number of ether oxygens (including phenoxy) is 1. The zero-order valence-electron chi connectivity index (χ0n) is 11.5. The third kappa shape index (κ3) is 14.6. The number of carboxylic acid groups (broad SMARTS) is 1. The normalized spacial score (nSPS) is 9.24. The van der Waals surface area contributed by atoms with Crippen LogP contribution in [0.5, 0.6) is 0 Å². The van der Waals surface area contributed by atoms with E-state index >= 15 is 0 Å². The number of esters is 1. The number of carboxylic acids is 1. The fourth-order valence-corrected chi connectivity index (χ4v) is 0.318. The highest BCUT2D eigenvalue weighted by Gasteiger charge is 2.18. The minimum Gasteiger partial charge on any atom is -0.481 e. The molecule has 0 spiro atoms. The minimum absolute atomic E-state index is 0. The third-order valence-electron chi connectivity index (χ3n) is 1.43. The van der Waals surface area contributed by atoms with Gasteiger partial charge < -0.3 is 16.0 Å². The van der Waals surface area contributed by atoms with Crippen LogP contribution in [-0.2, 0) is 14.3 Å². The Balaban J connectivity index is -0.000000224. The molecule has 5 heteroatoms. The van der Waals surface area contributed by atoms with Gasteiger partial charge in [0.05, 0.1) is 12.0 Å². The van der Waals surface area contributed by atoms with Crippen LogP contribution in [-0.4, -0.2) is 23.7 Å². The first-order valence-electron chi connectivity index (χ1n) is 5.19. The lowest BCUT2D eigenvalue weighted by molar-refractivity contribution is -0.145. The molecule has 0 aliphatic rings. The maximum Gasteiger partial charge on any atom is 0.333 e. The van der Waals surface area contributed by atoms with Crippen LogP contribution >= 0.6 is 0 Å². The van der Waals surface area contributed by atoms with Crippen LogP contribution < -0.4 is 6.15 Å². The van der Waals surface area contributed by atoms with Crippen molar-refractivity contribution >= 4 is 11.9 Å². The molecule has 0 heterocycles. The number of aliphatic carboxylic acids is 1. The lowest BCUT2D eigenvalue weighted by Gasteiger charge is -2.08. The highest BCUT2D eigenvalue weighted by Crippen LogP contribution is 2.11. The Hall–Kier alpha value is -1.36. The maximum absolute atomic E-state index is 10.6. The average Bonchev–Trinajstić information content (AvgIpc) is 2.13. The Morgan fingerprint density at radius 3 is 1.82 bits per heavy atom. The van der Waals surface area contributed by atoms with E-state index in [1.54, 1.807) is 27.7 Å². The maximum atomic E-state index is 10.6. The van der Waals surface area contributed by atoms with Crippen molar-refractivity contribution in [3.05, 3.63) is 12.2 Å². The number of hydrogen-bond donors (Lipinski definition) is 2. The van der Waals surface area contributed by atoms with Gasteiger partial charge in [-0.1, -0.05) is 13.5 Å². The summed E-state index contributed by atoms with van der Waals surface area (Å²) in [5, 5.41) is 8.25. The molecule has 0 aromatic rings. The molecule has 0 amide bonds. The summed E-state index contributed by atoms with van der Waals surface area (Å²) in [6.45, 7) is 12.5.